The predicted octanol–water partition coefficient (Wildman–Crippen LogP) is 3.16. The fourth-order valence-electron chi connectivity index (χ4n) is 2.82. The maximum Gasteiger partial charge on any atom is 0.258 e. The van der Waals surface area contributed by atoms with Crippen molar-refractivity contribution in [1.82, 2.24) is 15.3 Å². The van der Waals surface area contributed by atoms with Crippen LogP contribution in [0.4, 0.5) is 5.69 Å². The molecule has 28 heavy (non-hydrogen) atoms. The molecule has 1 N–H and O–H groups in total. The first-order valence-electron chi connectivity index (χ1n) is 9.31. The minimum atomic E-state index is -0.209. The number of furan rings is 1. The van der Waals surface area contributed by atoms with Crippen LogP contribution in [0.1, 0.15) is 29.6 Å². The number of anilines is 1. The molecular weight excluding hydrogens is 356 g/mol. The zero-order valence-corrected chi connectivity index (χ0v) is 17.0. The molecule has 0 aliphatic rings. The number of nitrogens with one attached hydrogen (secondary N) is 1. The molecule has 3 aromatic rings. The smallest absolute Gasteiger partial charge is 0.258 e. The van der Waals surface area contributed by atoms with Gasteiger partial charge in [-0.05, 0) is 31.5 Å². The van der Waals surface area contributed by atoms with Crippen molar-refractivity contribution in [2.75, 3.05) is 25.6 Å². The molecular formula is C21H26N4O3. The molecule has 7 nitrogen and oxygen atoms in total. The van der Waals surface area contributed by atoms with Crippen molar-refractivity contribution in [2.45, 2.75) is 33.7 Å². The van der Waals surface area contributed by atoms with Crippen molar-refractivity contribution < 1.29 is 13.9 Å². The van der Waals surface area contributed by atoms with Crippen LogP contribution in [-0.2, 0) is 17.8 Å². The van der Waals surface area contributed by atoms with Crippen LogP contribution in [0, 0.1) is 13.8 Å². The van der Waals surface area contributed by atoms with E-state index >= 15 is 0 Å². The molecule has 0 spiro atoms. The van der Waals surface area contributed by atoms with Crippen molar-refractivity contribution in [2.24, 2.45) is 0 Å². The molecule has 0 unspecified atom stereocenters. The Bertz CT molecular complexity index is 977. The molecule has 148 valence electrons. The Morgan fingerprint density at radius 3 is 2.54 bits per heavy atom. The van der Waals surface area contributed by atoms with Gasteiger partial charge in [0.25, 0.3) is 5.91 Å². The highest BCUT2D eigenvalue weighted by atomic mass is 16.5. The molecule has 0 fully saturated rings. The normalized spacial score (nSPS) is 10.9. The molecule has 3 rings (SSSR count). The predicted molar refractivity (Wildman–Crippen MR) is 109 cm³/mol. The van der Waals surface area contributed by atoms with Crippen LogP contribution >= 0.6 is 0 Å². The van der Waals surface area contributed by atoms with E-state index in [0.717, 1.165) is 28.0 Å². The van der Waals surface area contributed by atoms with E-state index in [-0.39, 0.29) is 12.5 Å². The molecule has 7 heteroatoms. The minimum Gasteiger partial charge on any atom is -0.467 e. The quantitative estimate of drug-likeness (QED) is 0.676. The number of fused-ring (bicyclic) bond motifs is 1. The molecule has 0 atom stereocenters. The van der Waals surface area contributed by atoms with Crippen molar-refractivity contribution in [3.63, 3.8) is 0 Å². The van der Waals surface area contributed by atoms with Crippen LogP contribution in [0.3, 0.4) is 0 Å². The average Bonchev–Trinajstić information content (AvgIpc) is 2.98. The maximum atomic E-state index is 12.2. The molecule has 2 heterocycles. The molecule has 2 aromatic heterocycles. The van der Waals surface area contributed by atoms with Gasteiger partial charge in [0.1, 0.15) is 17.0 Å². The lowest BCUT2D eigenvalue weighted by Gasteiger charge is -2.13. The molecule has 0 bridgehead atoms. The average molecular weight is 382 g/mol. The lowest BCUT2D eigenvalue weighted by Crippen LogP contribution is -2.28. The zero-order chi connectivity index (χ0) is 20.3. The number of aromatic nitrogens is 2. The Hall–Kier alpha value is -3.09. The molecule has 0 aliphatic carbocycles. The molecule has 0 saturated heterocycles. The van der Waals surface area contributed by atoms with Gasteiger partial charge in [0.15, 0.2) is 6.61 Å². The van der Waals surface area contributed by atoms with Crippen LogP contribution in [-0.4, -0.2) is 36.6 Å². The van der Waals surface area contributed by atoms with Crippen molar-refractivity contribution in [1.29, 1.82) is 0 Å². The van der Waals surface area contributed by atoms with Crippen molar-refractivity contribution >= 4 is 22.7 Å². The summed E-state index contributed by atoms with van der Waals surface area (Å²) in [4.78, 5) is 23.1. The number of rotatable bonds is 7. The number of carbonyl (C=O) groups excluding carboxylic acids is 1. The number of hydrogen-bond acceptors (Lipinski definition) is 6. The Kier molecular flexibility index (Phi) is 5.82. The largest absolute Gasteiger partial charge is 0.467 e. The second kappa shape index (κ2) is 8.29. The fourth-order valence-corrected chi connectivity index (χ4v) is 2.82. The lowest BCUT2D eigenvalue weighted by molar-refractivity contribution is -0.123. The Morgan fingerprint density at radius 1 is 1.18 bits per heavy atom. The topological polar surface area (TPSA) is 80.5 Å². The van der Waals surface area contributed by atoms with Crippen LogP contribution in [0.25, 0.3) is 11.1 Å². The van der Waals surface area contributed by atoms with E-state index in [9.17, 15) is 4.79 Å². The third-order valence-corrected chi connectivity index (χ3v) is 4.64. The van der Waals surface area contributed by atoms with E-state index in [0.29, 0.717) is 30.4 Å². The Morgan fingerprint density at radius 2 is 1.89 bits per heavy atom. The van der Waals surface area contributed by atoms with E-state index in [1.165, 1.54) is 0 Å². The summed E-state index contributed by atoms with van der Waals surface area (Å²) in [5.74, 6) is 1.58. The van der Waals surface area contributed by atoms with Gasteiger partial charge in [0.2, 0.25) is 11.6 Å². The van der Waals surface area contributed by atoms with E-state index in [1.807, 2.05) is 64.0 Å². The summed E-state index contributed by atoms with van der Waals surface area (Å²) in [6.45, 7) is 6.09. The van der Waals surface area contributed by atoms with Crippen molar-refractivity contribution in [3.8, 4) is 5.88 Å². The second-order valence-corrected chi connectivity index (χ2v) is 6.89. The highest BCUT2D eigenvalue weighted by molar-refractivity contribution is 5.85. The first-order valence-corrected chi connectivity index (χ1v) is 9.31. The number of hydrogen-bond donors (Lipinski definition) is 1. The first-order chi connectivity index (χ1) is 13.4. The molecule has 1 amide bonds. The highest BCUT2D eigenvalue weighted by Gasteiger charge is 2.17. The molecule has 0 aliphatic heterocycles. The lowest BCUT2D eigenvalue weighted by atomic mass is 10.2. The third kappa shape index (κ3) is 4.24. The summed E-state index contributed by atoms with van der Waals surface area (Å²) in [5, 5.41) is 3.59. The van der Waals surface area contributed by atoms with Crippen LogP contribution < -0.4 is 15.0 Å². The first kappa shape index (κ1) is 19.7. The zero-order valence-electron chi connectivity index (χ0n) is 17.0. The van der Waals surface area contributed by atoms with E-state index < -0.39 is 0 Å². The molecule has 0 radical (unpaired) electrons. The SMILES string of the molecule is CCc1nc(OCC(=O)NCc2ccc(N(C)C)cc2)c2c(C)c(C)oc2n1. The van der Waals surface area contributed by atoms with Gasteiger partial charge in [-0.3, -0.25) is 4.79 Å². The minimum absolute atomic E-state index is 0.116. The van der Waals surface area contributed by atoms with E-state index in [1.54, 1.807) is 0 Å². The van der Waals surface area contributed by atoms with Gasteiger partial charge in [-0.15, -0.1) is 0 Å². The summed E-state index contributed by atoms with van der Waals surface area (Å²) in [7, 11) is 3.98. The van der Waals surface area contributed by atoms with E-state index in [2.05, 4.69) is 15.3 Å². The maximum absolute atomic E-state index is 12.2. The van der Waals surface area contributed by atoms with E-state index in [4.69, 9.17) is 9.15 Å². The number of benzene rings is 1. The van der Waals surface area contributed by atoms with Crippen LogP contribution in [0.2, 0.25) is 0 Å². The van der Waals surface area contributed by atoms with Gasteiger partial charge in [-0.1, -0.05) is 19.1 Å². The fraction of sp³-hybridized carbons (Fsp3) is 0.381. The Balaban J connectivity index is 1.64. The molecule has 0 saturated carbocycles. The van der Waals surface area contributed by atoms with Crippen LogP contribution in [0.15, 0.2) is 28.7 Å². The Labute approximate surface area is 164 Å². The van der Waals surface area contributed by atoms with Crippen molar-refractivity contribution in [3.05, 3.63) is 47.0 Å². The molecule has 1 aromatic carbocycles. The summed E-state index contributed by atoms with van der Waals surface area (Å²) in [6.07, 6.45) is 0.653. The van der Waals surface area contributed by atoms with Gasteiger partial charge in [-0.25, -0.2) is 0 Å². The monoisotopic (exact) mass is 382 g/mol. The standard InChI is InChI=1S/C21H26N4O3/c1-6-17-23-20(19-13(2)14(3)28-21(19)24-17)27-12-18(26)22-11-15-7-9-16(10-8-15)25(4)5/h7-10H,6,11-12H2,1-5H3,(H,22,26). The van der Waals surface area contributed by atoms with Gasteiger partial charge < -0.3 is 19.4 Å². The second-order valence-electron chi connectivity index (χ2n) is 6.89. The van der Waals surface area contributed by atoms with Gasteiger partial charge >= 0.3 is 0 Å². The highest BCUT2D eigenvalue weighted by Crippen LogP contribution is 2.30. The number of carbonyl (C=O) groups is 1. The van der Waals surface area contributed by atoms with Crippen LogP contribution in [0.5, 0.6) is 5.88 Å². The summed E-state index contributed by atoms with van der Waals surface area (Å²) in [5.41, 5.74) is 3.56. The van der Waals surface area contributed by atoms with Gasteiger partial charge in [-0.2, -0.15) is 9.97 Å². The summed E-state index contributed by atoms with van der Waals surface area (Å²) >= 11 is 0. The summed E-state index contributed by atoms with van der Waals surface area (Å²) < 4.78 is 11.4. The van der Waals surface area contributed by atoms with Gasteiger partial charge in [0, 0.05) is 38.3 Å². The number of nitrogens with zero attached hydrogens (tertiary/aromatic N) is 3. The number of ether oxygens (including phenoxy) is 1. The number of aryl methyl sites for hydroxylation is 3. The summed E-state index contributed by atoms with van der Waals surface area (Å²) in [6, 6.07) is 8.03. The third-order valence-electron chi connectivity index (χ3n) is 4.64. The number of amides is 1. The van der Waals surface area contributed by atoms with Gasteiger partial charge in [0.05, 0.1) is 0 Å².